The van der Waals surface area contributed by atoms with E-state index in [0.29, 0.717) is 18.2 Å². The van der Waals surface area contributed by atoms with Gasteiger partial charge in [-0.3, -0.25) is 4.90 Å². The van der Waals surface area contributed by atoms with Crippen molar-refractivity contribution in [1.82, 2.24) is 4.90 Å². The molecule has 0 atom stereocenters. The van der Waals surface area contributed by atoms with E-state index < -0.39 is 0 Å². The zero-order valence-electron chi connectivity index (χ0n) is 11.0. The van der Waals surface area contributed by atoms with Crippen LogP contribution >= 0.6 is 27.5 Å². The second-order valence-corrected chi connectivity index (χ2v) is 6.36. The largest absolute Gasteiger partial charge is 0.295 e. The number of alkyl halides is 1. The highest BCUT2D eigenvalue weighted by atomic mass is 79.9. The topological polar surface area (TPSA) is 3.24 Å². The van der Waals surface area contributed by atoms with Crippen LogP contribution < -0.4 is 0 Å². The number of hydrogen-bond donors (Lipinski definition) is 0. The minimum absolute atomic E-state index is 0.222. The Balaban J connectivity index is 2.08. The van der Waals surface area contributed by atoms with Crippen molar-refractivity contribution in [3.8, 4) is 0 Å². The number of halogens is 3. The predicted octanol–water partition coefficient (Wildman–Crippen LogP) is 5.01. The fourth-order valence-electron chi connectivity index (χ4n) is 2.83. The van der Waals surface area contributed by atoms with Gasteiger partial charge in [0.2, 0.25) is 0 Å². The summed E-state index contributed by atoms with van der Waals surface area (Å²) in [4.78, 5) is 2.39. The molecule has 1 aliphatic rings. The number of nitrogens with zero attached hydrogens (tertiary/aromatic N) is 1. The van der Waals surface area contributed by atoms with Gasteiger partial charge in [0.15, 0.2) is 0 Å². The molecular formula is C15H20BrClFN. The molecule has 2 rings (SSSR count). The van der Waals surface area contributed by atoms with Crippen molar-refractivity contribution < 1.29 is 4.39 Å². The van der Waals surface area contributed by atoms with Gasteiger partial charge in [-0.2, -0.15) is 0 Å². The van der Waals surface area contributed by atoms with E-state index in [1.54, 1.807) is 6.07 Å². The zero-order valence-corrected chi connectivity index (χ0v) is 13.4. The van der Waals surface area contributed by atoms with Crippen molar-refractivity contribution in [2.24, 2.45) is 0 Å². The normalized spacial score (nSPS) is 17.1. The van der Waals surface area contributed by atoms with Crippen molar-refractivity contribution in [1.29, 1.82) is 0 Å². The molecule has 0 amide bonds. The molecule has 0 radical (unpaired) electrons. The number of benzene rings is 1. The summed E-state index contributed by atoms with van der Waals surface area (Å²) < 4.78 is 14.0. The fourth-order valence-corrected chi connectivity index (χ4v) is 3.48. The van der Waals surface area contributed by atoms with Crippen LogP contribution in [0.25, 0.3) is 0 Å². The molecule has 1 nitrogen and oxygen atoms in total. The average Bonchev–Trinajstić information content (AvgIpc) is 2.44. The van der Waals surface area contributed by atoms with Gasteiger partial charge >= 0.3 is 0 Å². The highest BCUT2D eigenvalue weighted by molar-refractivity contribution is 9.09. The van der Waals surface area contributed by atoms with Crippen LogP contribution in [0.2, 0.25) is 5.02 Å². The molecule has 0 N–H and O–H groups in total. The van der Waals surface area contributed by atoms with Crippen LogP contribution in [0.3, 0.4) is 0 Å². The van der Waals surface area contributed by atoms with E-state index >= 15 is 0 Å². The van der Waals surface area contributed by atoms with Crippen LogP contribution in [0.15, 0.2) is 18.2 Å². The van der Waals surface area contributed by atoms with Gasteiger partial charge in [0.1, 0.15) is 5.82 Å². The van der Waals surface area contributed by atoms with Gasteiger partial charge < -0.3 is 0 Å². The molecule has 19 heavy (non-hydrogen) atoms. The van der Waals surface area contributed by atoms with E-state index in [-0.39, 0.29) is 10.8 Å². The van der Waals surface area contributed by atoms with Crippen LogP contribution in [0.5, 0.6) is 0 Å². The van der Waals surface area contributed by atoms with Gasteiger partial charge in [0.25, 0.3) is 0 Å². The lowest BCUT2D eigenvalue weighted by Gasteiger charge is -2.34. The molecule has 0 heterocycles. The Labute approximate surface area is 128 Å². The minimum atomic E-state index is -0.264. The second kappa shape index (κ2) is 7.61. The van der Waals surface area contributed by atoms with Crippen molar-refractivity contribution in [2.45, 2.75) is 44.7 Å². The first-order valence-corrected chi connectivity index (χ1v) is 8.45. The molecule has 1 saturated carbocycles. The van der Waals surface area contributed by atoms with E-state index in [2.05, 4.69) is 20.8 Å². The summed E-state index contributed by atoms with van der Waals surface area (Å²) >= 11 is 9.36. The summed E-state index contributed by atoms with van der Waals surface area (Å²) in [7, 11) is 0. The molecule has 1 aromatic rings. The van der Waals surface area contributed by atoms with E-state index in [1.807, 2.05) is 12.1 Å². The molecule has 0 aliphatic heterocycles. The lowest BCUT2D eigenvalue weighted by Crippen LogP contribution is -2.37. The van der Waals surface area contributed by atoms with Gasteiger partial charge in [0, 0.05) is 30.0 Å². The highest BCUT2D eigenvalue weighted by Gasteiger charge is 2.21. The maximum Gasteiger partial charge on any atom is 0.146 e. The van der Waals surface area contributed by atoms with E-state index in [1.165, 1.54) is 32.1 Å². The first-order chi connectivity index (χ1) is 9.22. The summed E-state index contributed by atoms with van der Waals surface area (Å²) in [5, 5.41) is 1.14. The first-order valence-electron chi connectivity index (χ1n) is 6.95. The van der Waals surface area contributed by atoms with Gasteiger partial charge in [-0.25, -0.2) is 4.39 Å². The standard InChI is InChI=1S/C15H20BrClFN/c16-9-10-19(13-6-2-1-3-7-13)11-12-5-4-8-14(17)15(12)18/h4-5,8,13H,1-3,6-7,9-11H2. The van der Waals surface area contributed by atoms with E-state index in [4.69, 9.17) is 11.6 Å². The zero-order chi connectivity index (χ0) is 13.7. The summed E-state index contributed by atoms with van der Waals surface area (Å²) in [5.74, 6) is -0.264. The quantitative estimate of drug-likeness (QED) is 0.676. The van der Waals surface area contributed by atoms with Crippen LogP contribution in [-0.4, -0.2) is 22.8 Å². The van der Waals surface area contributed by atoms with Gasteiger partial charge in [-0.15, -0.1) is 0 Å². The maximum absolute atomic E-state index is 14.0. The molecule has 0 saturated heterocycles. The monoisotopic (exact) mass is 347 g/mol. The Hall–Kier alpha value is -0.120. The summed E-state index contributed by atoms with van der Waals surface area (Å²) in [5.41, 5.74) is 0.707. The maximum atomic E-state index is 14.0. The molecule has 1 fully saturated rings. The third-order valence-corrected chi connectivity index (χ3v) is 4.51. The third-order valence-electron chi connectivity index (χ3n) is 3.87. The Morgan fingerprint density at radius 1 is 1.26 bits per heavy atom. The van der Waals surface area contributed by atoms with Crippen LogP contribution in [0.4, 0.5) is 4.39 Å². The molecule has 0 aromatic heterocycles. The van der Waals surface area contributed by atoms with Crippen molar-refractivity contribution in [3.05, 3.63) is 34.6 Å². The Morgan fingerprint density at radius 2 is 2.00 bits per heavy atom. The minimum Gasteiger partial charge on any atom is -0.295 e. The number of rotatable bonds is 5. The summed E-state index contributed by atoms with van der Waals surface area (Å²) in [6.45, 7) is 1.61. The van der Waals surface area contributed by atoms with Gasteiger partial charge in [0.05, 0.1) is 5.02 Å². The molecular weight excluding hydrogens is 329 g/mol. The highest BCUT2D eigenvalue weighted by Crippen LogP contribution is 2.26. The van der Waals surface area contributed by atoms with Crippen LogP contribution in [0, 0.1) is 5.82 Å². The van der Waals surface area contributed by atoms with Crippen LogP contribution in [-0.2, 0) is 6.54 Å². The Bertz CT molecular complexity index is 407. The van der Waals surface area contributed by atoms with Gasteiger partial charge in [-0.1, -0.05) is 58.9 Å². The van der Waals surface area contributed by atoms with Gasteiger partial charge in [-0.05, 0) is 18.9 Å². The average molecular weight is 349 g/mol. The van der Waals surface area contributed by atoms with Crippen molar-refractivity contribution in [2.75, 3.05) is 11.9 Å². The fraction of sp³-hybridized carbons (Fsp3) is 0.600. The molecule has 0 unspecified atom stereocenters. The first kappa shape index (κ1) is 15.3. The molecule has 0 bridgehead atoms. The van der Waals surface area contributed by atoms with Crippen molar-refractivity contribution in [3.63, 3.8) is 0 Å². The summed E-state index contributed by atoms with van der Waals surface area (Å²) in [6.07, 6.45) is 6.39. The smallest absolute Gasteiger partial charge is 0.146 e. The second-order valence-electron chi connectivity index (χ2n) is 5.16. The Morgan fingerprint density at radius 3 is 2.68 bits per heavy atom. The molecule has 1 aliphatic carbocycles. The lowest BCUT2D eigenvalue weighted by molar-refractivity contribution is 0.156. The number of hydrogen-bond acceptors (Lipinski definition) is 1. The van der Waals surface area contributed by atoms with E-state index in [0.717, 1.165) is 11.9 Å². The SMILES string of the molecule is Fc1c(Cl)cccc1CN(CCBr)C1CCCCC1. The van der Waals surface area contributed by atoms with Crippen LogP contribution in [0.1, 0.15) is 37.7 Å². The predicted molar refractivity (Wildman–Crippen MR) is 82.5 cm³/mol. The molecule has 106 valence electrons. The molecule has 0 spiro atoms. The third kappa shape index (κ3) is 4.17. The Kier molecular flexibility index (Phi) is 6.11. The van der Waals surface area contributed by atoms with Crippen molar-refractivity contribution >= 4 is 27.5 Å². The molecule has 1 aromatic carbocycles. The summed E-state index contributed by atoms with van der Waals surface area (Å²) in [6, 6.07) is 5.86. The lowest BCUT2D eigenvalue weighted by atomic mass is 9.94. The van der Waals surface area contributed by atoms with E-state index in [9.17, 15) is 4.39 Å². The molecule has 4 heteroatoms.